The third kappa shape index (κ3) is 4.31. The molecule has 3 N–H and O–H groups in total. The zero-order chi connectivity index (χ0) is 24.4. The van der Waals surface area contributed by atoms with E-state index < -0.39 is 0 Å². The van der Waals surface area contributed by atoms with E-state index in [9.17, 15) is 5.26 Å². The summed E-state index contributed by atoms with van der Waals surface area (Å²) in [5.41, 5.74) is 8.56. The minimum Gasteiger partial charge on any atom is -0.388 e. The first kappa shape index (κ1) is 22.8. The first-order valence-corrected chi connectivity index (χ1v) is 12.1. The van der Waals surface area contributed by atoms with E-state index in [2.05, 4.69) is 46.5 Å². The number of benzene rings is 2. The fraction of sp³-hybridized carbons (Fsp3) is 0.276. The van der Waals surface area contributed by atoms with Crippen LogP contribution in [0.25, 0.3) is 33.3 Å². The number of pyridine rings is 1. The molecule has 1 fully saturated rings. The first-order valence-electron chi connectivity index (χ1n) is 12.1. The van der Waals surface area contributed by atoms with Crippen LogP contribution in [0.1, 0.15) is 29.5 Å². The van der Waals surface area contributed by atoms with E-state index in [-0.39, 0.29) is 0 Å². The molecule has 1 saturated heterocycles. The van der Waals surface area contributed by atoms with E-state index in [0.29, 0.717) is 11.5 Å². The Balaban J connectivity index is 1.71. The lowest BCUT2D eigenvalue weighted by atomic mass is 9.92. The normalized spacial score (nSPS) is 14.1. The van der Waals surface area contributed by atoms with Crippen molar-refractivity contribution in [2.45, 2.75) is 26.3 Å². The second-order valence-electron chi connectivity index (χ2n) is 9.28. The van der Waals surface area contributed by atoms with Gasteiger partial charge < -0.3 is 20.6 Å². The van der Waals surface area contributed by atoms with E-state index in [0.717, 1.165) is 69.7 Å². The van der Waals surface area contributed by atoms with Crippen molar-refractivity contribution >= 4 is 22.8 Å². The summed E-state index contributed by atoms with van der Waals surface area (Å²) < 4.78 is 2.34. The maximum absolute atomic E-state index is 9.40. The molecule has 2 aromatic heterocycles. The number of anilines is 1. The molecule has 0 saturated carbocycles. The van der Waals surface area contributed by atoms with E-state index in [1.54, 1.807) is 0 Å². The minimum absolute atomic E-state index is 0.654. The summed E-state index contributed by atoms with van der Waals surface area (Å²) in [7, 11) is 1.86. The van der Waals surface area contributed by atoms with Crippen molar-refractivity contribution in [3.8, 4) is 28.5 Å². The summed E-state index contributed by atoms with van der Waals surface area (Å²) in [5.74, 6) is 0.663. The second kappa shape index (κ2) is 9.73. The summed E-state index contributed by atoms with van der Waals surface area (Å²) in [6.45, 7) is 5.21. The Morgan fingerprint density at radius 3 is 2.74 bits per heavy atom. The highest BCUT2D eigenvalue weighted by atomic mass is 15.0. The van der Waals surface area contributed by atoms with Crippen LogP contribution in [0.3, 0.4) is 0 Å². The molecular formula is C29H30N6. The van der Waals surface area contributed by atoms with E-state index in [1.165, 1.54) is 19.1 Å². The van der Waals surface area contributed by atoms with Gasteiger partial charge in [0.15, 0.2) is 0 Å². The molecule has 0 radical (unpaired) electrons. The Morgan fingerprint density at radius 1 is 1.20 bits per heavy atom. The molecule has 0 bridgehead atoms. The van der Waals surface area contributed by atoms with Gasteiger partial charge in [-0.25, -0.2) is 0 Å². The largest absolute Gasteiger partial charge is 0.388 e. The summed E-state index contributed by atoms with van der Waals surface area (Å²) in [4.78, 5) is 5.00. The third-order valence-electron chi connectivity index (χ3n) is 7.12. The summed E-state index contributed by atoms with van der Waals surface area (Å²) in [6, 6.07) is 16.4. The van der Waals surface area contributed by atoms with E-state index in [1.807, 2.05) is 43.6 Å². The third-order valence-corrected chi connectivity index (χ3v) is 7.12. The van der Waals surface area contributed by atoms with Crippen LogP contribution in [0.5, 0.6) is 0 Å². The molecular weight excluding hydrogens is 432 g/mol. The van der Waals surface area contributed by atoms with Gasteiger partial charge in [0.2, 0.25) is 0 Å². The zero-order valence-corrected chi connectivity index (χ0v) is 20.2. The molecule has 2 aromatic carbocycles. The summed E-state index contributed by atoms with van der Waals surface area (Å²) in [6.07, 6.45) is 7.93. The summed E-state index contributed by atoms with van der Waals surface area (Å²) in [5, 5.41) is 25.0. The lowest BCUT2D eigenvalue weighted by Gasteiger charge is -2.23. The molecule has 176 valence electrons. The number of piperidine rings is 1. The summed E-state index contributed by atoms with van der Waals surface area (Å²) >= 11 is 0. The average molecular weight is 463 g/mol. The highest BCUT2D eigenvalue weighted by Crippen LogP contribution is 2.39. The van der Waals surface area contributed by atoms with Crippen LogP contribution in [0.15, 0.2) is 54.9 Å². The van der Waals surface area contributed by atoms with Crippen LogP contribution >= 0.6 is 0 Å². The first-order chi connectivity index (χ1) is 17.1. The van der Waals surface area contributed by atoms with Crippen molar-refractivity contribution in [2.24, 2.45) is 5.92 Å². The minimum atomic E-state index is 0.654. The van der Waals surface area contributed by atoms with Gasteiger partial charge in [0, 0.05) is 53.8 Å². The Kier molecular flexibility index (Phi) is 6.35. The van der Waals surface area contributed by atoms with E-state index >= 15 is 0 Å². The Morgan fingerprint density at radius 2 is 2.03 bits per heavy atom. The van der Waals surface area contributed by atoms with Crippen molar-refractivity contribution in [3.63, 3.8) is 0 Å². The quantitative estimate of drug-likeness (QED) is 0.326. The standard InChI is InChI=1S/C29H30N6/c1-19-13-21(15-30)3-5-24(19)28-25-9-12-35(18-20-7-10-33-11-8-20)27(25)17-34-29(28)22-4-6-26(32-2)23(14-22)16-31/h3-6,9,12-14,16-17,20,31-33H,7-8,10-11,18H2,1-2H3. The fourth-order valence-electron chi connectivity index (χ4n) is 5.22. The van der Waals surface area contributed by atoms with Gasteiger partial charge in [-0.15, -0.1) is 0 Å². The number of nitrogens with one attached hydrogen (secondary N) is 3. The van der Waals surface area contributed by atoms with Crippen molar-refractivity contribution in [3.05, 3.63) is 71.5 Å². The smallest absolute Gasteiger partial charge is 0.0991 e. The van der Waals surface area contributed by atoms with Gasteiger partial charge >= 0.3 is 0 Å². The van der Waals surface area contributed by atoms with Crippen LogP contribution in [-0.4, -0.2) is 35.9 Å². The predicted molar refractivity (Wildman–Crippen MR) is 143 cm³/mol. The highest BCUT2D eigenvalue weighted by molar-refractivity contribution is 6.03. The van der Waals surface area contributed by atoms with Gasteiger partial charge in [-0.05, 0) is 80.2 Å². The van der Waals surface area contributed by atoms with Crippen molar-refractivity contribution in [1.29, 1.82) is 10.7 Å². The van der Waals surface area contributed by atoms with Crippen molar-refractivity contribution < 1.29 is 0 Å². The molecule has 5 rings (SSSR count). The lowest BCUT2D eigenvalue weighted by molar-refractivity contribution is 0.337. The lowest BCUT2D eigenvalue weighted by Crippen LogP contribution is -2.29. The number of hydrogen-bond donors (Lipinski definition) is 3. The average Bonchev–Trinajstić information content (AvgIpc) is 3.31. The predicted octanol–water partition coefficient (Wildman–Crippen LogP) is 5.59. The van der Waals surface area contributed by atoms with Gasteiger partial charge in [0.25, 0.3) is 0 Å². The molecule has 6 heteroatoms. The Labute approximate surface area is 206 Å². The molecule has 0 amide bonds. The molecule has 1 aliphatic rings. The van der Waals surface area contributed by atoms with Crippen LogP contribution in [-0.2, 0) is 6.54 Å². The Bertz CT molecular complexity index is 1440. The molecule has 35 heavy (non-hydrogen) atoms. The van der Waals surface area contributed by atoms with Gasteiger partial charge in [0.1, 0.15) is 0 Å². The number of nitriles is 1. The molecule has 0 atom stereocenters. The van der Waals surface area contributed by atoms with Crippen LogP contribution in [0.4, 0.5) is 5.69 Å². The van der Waals surface area contributed by atoms with Gasteiger partial charge in [0.05, 0.1) is 29.0 Å². The topological polar surface area (TPSA) is 89.5 Å². The highest BCUT2D eigenvalue weighted by Gasteiger charge is 2.20. The monoisotopic (exact) mass is 462 g/mol. The number of hydrogen-bond acceptors (Lipinski definition) is 5. The maximum atomic E-state index is 9.40. The number of nitrogens with zero attached hydrogens (tertiary/aromatic N) is 3. The molecule has 4 aromatic rings. The molecule has 0 unspecified atom stereocenters. The number of rotatable bonds is 6. The molecule has 3 heterocycles. The van der Waals surface area contributed by atoms with Gasteiger partial charge in [-0.2, -0.15) is 5.26 Å². The SMILES string of the molecule is CNc1ccc(-c2ncc3c(ccn3CC3CCNCC3)c2-c2ccc(C#N)cc2C)cc1C=N. The van der Waals surface area contributed by atoms with Crippen LogP contribution < -0.4 is 10.6 Å². The second-order valence-corrected chi connectivity index (χ2v) is 9.28. The number of aryl methyl sites for hydroxylation is 1. The zero-order valence-electron chi connectivity index (χ0n) is 20.2. The van der Waals surface area contributed by atoms with Crippen molar-refractivity contribution in [1.82, 2.24) is 14.9 Å². The number of fused-ring (bicyclic) bond motifs is 1. The maximum Gasteiger partial charge on any atom is 0.0991 e. The fourth-order valence-corrected chi connectivity index (χ4v) is 5.22. The van der Waals surface area contributed by atoms with Gasteiger partial charge in [-0.3, -0.25) is 4.98 Å². The van der Waals surface area contributed by atoms with Crippen molar-refractivity contribution in [2.75, 3.05) is 25.5 Å². The Hall–Kier alpha value is -3.95. The van der Waals surface area contributed by atoms with Gasteiger partial charge in [-0.1, -0.05) is 12.1 Å². The van der Waals surface area contributed by atoms with E-state index in [4.69, 9.17) is 10.4 Å². The number of aromatic nitrogens is 2. The molecule has 0 aliphatic carbocycles. The molecule has 1 aliphatic heterocycles. The van der Waals surface area contributed by atoms with Crippen LogP contribution in [0, 0.1) is 29.6 Å². The molecule has 0 spiro atoms. The van der Waals surface area contributed by atoms with Crippen LogP contribution in [0.2, 0.25) is 0 Å². The molecule has 6 nitrogen and oxygen atoms in total.